The number of rotatable bonds is 4. The van der Waals surface area contributed by atoms with E-state index in [4.69, 9.17) is 0 Å². The Hall–Kier alpha value is -1.71. The minimum atomic E-state index is -5.08. The lowest BCUT2D eigenvalue weighted by Crippen LogP contribution is -2.58. The molecule has 1 amide bonds. The van der Waals surface area contributed by atoms with Gasteiger partial charge in [-0.2, -0.15) is 18.3 Å². The van der Waals surface area contributed by atoms with Gasteiger partial charge >= 0.3 is 6.18 Å². The highest BCUT2D eigenvalue weighted by Crippen LogP contribution is 2.40. The largest absolute Gasteiger partial charge is 0.426 e. The molecule has 0 aromatic carbocycles. The molecular weight excluding hydrogens is 385 g/mol. The maximum absolute atomic E-state index is 14.1. The highest BCUT2D eigenvalue weighted by Gasteiger charge is 2.57. The molecule has 0 unspecified atom stereocenters. The van der Waals surface area contributed by atoms with Crippen molar-refractivity contribution in [3.8, 4) is 0 Å². The summed E-state index contributed by atoms with van der Waals surface area (Å²) in [5.41, 5.74) is -4.51. The molecule has 10 heteroatoms. The number of aromatic nitrogens is 2. The zero-order valence-electron chi connectivity index (χ0n) is 16.5. The third kappa shape index (κ3) is 3.75. The number of likely N-dealkylation sites (tertiary alicyclic amines) is 1. The Labute approximate surface area is 160 Å². The Morgan fingerprint density at radius 2 is 1.75 bits per heavy atom. The maximum atomic E-state index is 14.1. The highest BCUT2D eigenvalue weighted by molar-refractivity contribution is 5.85. The van der Waals surface area contributed by atoms with Gasteiger partial charge in [0, 0.05) is 37.8 Å². The van der Waals surface area contributed by atoms with Gasteiger partial charge in [-0.05, 0) is 39.2 Å². The first kappa shape index (κ1) is 22.6. The number of alkyl halides is 5. The summed E-state index contributed by atoms with van der Waals surface area (Å²) in [4.78, 5) is 13.2. The molecule has 28 heavy (non-hydrogen) atoms. The van der Waals surface area contributed by atoms with Gasteiger partial charge in [0.1, 0.15) is 5.54 Å². The van der Waals surface area contributed by atoms with E-state index >= 15 is 0 Å². The fourth-order valence-electron chi connectivity index (χ4n) is 3.45. The standard InChI is InChI=1S/C18H26F5N3O2/c1-11-10-25(14(27)16(4,28)18(21,22)23)9-7-12(11)13-6-8-24-26(13)15(2,3)17(5,19)20/h6,8,11-12,28H,7,9-10H2,1-5H3/t11-,12+,16-/m1/s1. The van der Waals surface area contributed by atoms with E-state index in [1.807, 2.05) is 0 Å². The molecule has 0 radical (unpaired) electrons. The van der Waals surface area contributed by atoms with Gasteiger partial charge in [-0.1, -0.05) is 6.92 Å². The lowest BCUT2D eigenvalue weighted by Gasteiger charge is -2.41. The van der Waals surface area contributed by atoms with Gasteiger partial charge in [0.2, 0.25) is 5.60 Å². The van der Waals surface area contributed by atoms with Gasteiger partial charge in [-0.15, -0.1) is 0 Å². The van der Waals surface area contributed by atoms with Crippen molar-refractivity contribution in [1.29, 1.82) is 0 Å². The molecule has 0 spiro atoms. The maximum Gasteiger partial charge on any atom is 0.426 e. The molecule has 1 aliphatic rings. The van der Waals surface area contributed by atoms with Crippen LogP contribution in [0.3, 0.4) is 0 Å². The molecule has 2 heterocycles. The van der Waals surface area contributed by atoms with Crippen molar-refractivity contribution in [2.75, 3.05) is 13.1 Å². The van der Waals surface area contributed by atoms with Gasteiger partial charge in [-0.3, -0.25) is 9.48 Å². The van der Waals surface area contributed by atoms with E-state index in [1.165, 1.54) is 24.7 Å². The van der Waals surface area contributed by atoms with Crippen LogP contribution in [0.15, 0.2) is 12.3 Å². The van der Waals surface area contributed by atoms with Crippen molar-refractivity contribution < 1.29 is 31.9 Å². The van der Waals surface area contributed by atoms with Crippen molar-refractivity contribution in [1.82, 2.24) is 14.7 Å². The second-order valence-corrected chi connectivity index (χ2v) is 8.31. The molecule has 1 aromatic rings. The van der Waals surface area contributed by atoms with E-state index in [9.17, 15) is 31.9 Å². The number of hydrogen-bond donors (Lipinski definition) is 1. The average Bonchev–Trinajstić information content (AvgIpc) is 3.01. The van der Waals surface area contributed by atoms with E-state index in [-0.39, 0.29) is 31.3 Å². The molecule has 1 fully saturated rings. The molecule has 0 saturated carbocycles. The van der Waals surface area contributed by atoms with Crippen LogP contribution in [0.1, 0.15) is 52.7 Å². The van der Waals surface area contributed by atoms with E-state index in [2.05, 4.69) is 5.10 Å². The molecule has 3 atom stereocenters. The fourth-order valence-corrected chi connectivity index (χ4v) is 3.45. The highest BCUT2D eigenvalue weighted by atomic mass is 19.4. The first-order valence-corrected chi connectivity index (χ1v) is 9.02. The van der Waals surface area contributed by atoms with Gasteiger partial charge in [0.15, 0.2) is 0 Å². The summed E-state index contributed by atoms with van der Waals surface area (Å²) in [6.07, 6.45) is -3.39. The number of halogens is 5. The average molecular weight is 411 g/mol. The van der Waals surface area contributed by atoms with Crippen molar-refractivity contribution >= 4 is 5.91 Å². The minimum Gasteiger partial charge on any atom is -0.373 e. The third-order valence-corrected chi connectivity index (χ3v) is 5.82. The molecule has 1 saturated heterocycles. The molecule has 5 nitrogen and oxygen atoms in total. The van der Waals surface area contributed by atoms with Gasteiger partial charge in [0.25, 0.3) is 11.8 Å². The van der Waals surface area contributed by atoms with Crippen LogP contribution in [0.25, 0.3) is 0 Å². The zero-order valence-corrected chi connectivity index (χ0v) is 16.5. The number of hydrogen-bond acceptors (Lipinski definition) is 3. The molecule has 160 valence electrons. The summed E-state index contributed by atoms with van der Waals surface area (Å²) >= 11 is 0. The third-order valence-electron chi connectivity index (χ3n) is 5.82. The van der Waals surface area contributed by atoms with Crippen LogP contribution < -0.4 is 0 Å². The first-order valence-electron chi connectivity index (χ1n) is 9.02. The summed E-state index contributed by atoms with van der Waals surface area (Å²) in [6, 6.07) is 1.62. The quantitative estimate of drug-likeness (QED) is 0.771. The monoisotopic (exact) mass is 411 g/mol. The number of aliphatic hydroxyl groups is 1. The van der Waals surface area contributed by atoms with E-state index < -0.39 is 29.1 Å². The molecule has 0 aliphatic carbocycles. The van der Waals surface area contributed by atoms with E-state index in [0.29, 0.717) is 12.6 Å². The number of carbonyl (C=O) groups excluding carboxylic acids is 1. The Bertz CT molecular complexity index is 722. The fraction of sp³-hybridized carbons (Fsp3) is 0.778. The molecule has 0 bridgehead atoms. The Morgan fingerprint density at radius 1 is 1.18 bits per heavy atom. The summed E-state index contributed by atoms with van der Waals surface area (Å²) < 4.78 is 68.3. The first-order chi connectivity index (χ1) is 12.5. The normalized spacial score (nSPS) is 24.2. The Kier molecular flexibility index (Phi) is 5.62. The van der Waals surface area contributed by atoms with Gasteiger partial charge in [-0.25, -0.2) is 8.78 Å². The van der Waals surface area contributed by atoms with E-state index in [1.54, 1.807) is 13.0 Å². The molecule has 1 aromatic heterocycles. The number of amides is 1. The summed E-state index contributed by atoms with van der Waals surface area (Å²) in [6.45, 7) is 5.68. The summed E-state index contributed by atoms with van der Waals surface area (Å²) in [7, 11) is 0. The van der Waals surface area contributed by atoms with Crippen LogP contribution in [0.4, 0.5) is 22.0 Å². The Morgan fingerprint density at radius 3 is 2.21 bits per heavy atom. The number of piperidine rings is 1. The van der Waals surface area contributed by atoms with Crippen molar-refractivity contribution in [2.24, 2.45) is 5.92 Å². The van der Waals surface area contributed by atoms with Crippen LogP contribution in [0.2, 0.25) is 0 Å². The predicted octanol–water partition coefficient (Wildman–Crippen LogP) is 3.54. The SMILES string of the molecule is C[C@@H]1CN(C(=O)[C@@](C)(O)C(F)(F)F)CC[C@@H]1c1ccnn1C(C)(C)C(C)(F)F. The van der Waals surface area contributed by atoms with E-state index in [0.717, 1.165) is 11.8 Å². The second-order valence-electron chi connectivity index (χ2n) is 8.31. The minimum absolute atomic E-state index is 0.0196. The van der Waals surface area contributed by atoms with Crippen LogP contribution >= 0.6 is 0 Å². The van der Waals surface area contributed by atoms with Crippen molar-refractivity contribution in [2.45, 2.75) is 70.2 Å². The van der Waals surface area contributed by atoms with Crippen LogP contribution in [-0.4, -0.2) is 56.5 Å². The lowest BCUT2D eigenvalue weighted by atomic mass is 9.83. The van der Waals surface area contributed by atoms with Crippen LogP contribution in [0, 0.1) is 5.92 Å². The van der Waals surface area contributed by atoms with Crippen LogP contribution in [0.5, 0.6) is 0 Å². The van der Waals surface area contributed by atoms with Gasteiger partial charge in [0.05, 0.1) is 0 Å². The predicted molar refractivity (Wildman–Crippen MR) is 92.0 cm³/mol. The Balaban J connectivity index is 2.23. The van der Waals surface area contributed by atoms with Gasteiger partial charge < -0.3 is 10.0 Å². The molecular formula is C18H26F5N3O2. The summed E-state index contributed by atoms with van der Waals surface area (Å²) in [5, 5.41) is 13.7. The molecule has 1 aliphatic heterocycles. The number of nitrogens with zero attached hydrogens (tertiary/aromatic N) is 3. The lowest BCUT2D eigenvalue weighted by molar-refractivity contribution is -0.250. The van der Waals surface area contributed by atoms with Crippen LogP contribution in [-0.2, 0) is 10.3 Å². The summed E-state index contributed by atoms with van der Waals surface area (Å²) in [5.74, 6) is -5.03. The zero-order chi connectivity index (χ0) is 21.7. The smallest absolute Gasteiger partial charge is 0.373 e. The molecule has 1 N–H and O–H groups in total. The second kappa shape index (κ2) is 6.96. The number of carbonyl (C=O) groups is 1. The van der Waals surface area contributed by atoms with Crippen molar-refractivity contribution in [3.05, 3.63) is 18.0 Å². The molecule has 2 rings (SSSR count). The van der Waals surface area contributed by atoms with Crippen molar-refractivity contribution in [3.63, 3.8) is 0 Å². The topological polar surface area (TPSA) is 58.4 Å².